The van der Waals surface area contributed by atoms with Crippen LogP contribution in [0.15, 0.2) is 0 Å². The summed E-state index contributed by atoms with van der Waals surface area (Å²) >= 11 is 0. The highest BCUT2D eigenvalue weighted by Gasteiger charge is 2.55. The Bertz CT molecular complexity index is 1150. The Balaban J connectivity index is 0.000000139. The lowest BCUT2D eigenvalue weighted by Gasteiger charge is -2.31. The first-order chi connectivity index (χ1) is 25.6. The van der Waals surface area contributed by atoms with Crippen molar-refractivity contribution in [3.63, 3.8) is 0 Å². The van der Waals surface area contributed by atoms with Gasteiger partial charge in [-0.05, 0) is 38.5 Å². The SMILES string of the molecule is [B][C@@H]1O[C@@]2(CC)CCCOC1[C@H]2C.[B][C@@H]1O[C@@]2(CC)CNC(=O)N(C)C1[C@H]2C.[B][C@@H]1O[C@@]2(CC)COCOC1[C@H]2C.[B][C@@H]1O[C@@]2(CC)OCCOC1[C@H]2C. The summed E-state index contributed by atoms with van der Waals surface area (Å²) in [4.78, 5) is 13.3. The van der Waals surface area contributed by atoms with E-state index >= 15 is 0 Å². The van der Waals surface area contributed by atoms with Crippen LogP contribution in [-0.4, -0.2) is 160 Å². The third-order valence-corrected chi connectivity index (χ3v) is 14.0. The normalized spacial score (nSPS) is 49.0. The molecule has 8 fully saturated rings. The summed E-state index contributed by atoms with van der Waals surface area (Å²) in [5.74, 6) is 0.738. The standard InChI is InChI=1S/C10H17BN2O2.C10H17BO2.2C9H15BO3/c1-4-10-5-12-9(14)13(3)7(6(10)2)8(11)15-10;1-3-10-5-4-6-12-8(7(10)2)9(11)13-10;1-3-9-4-11-5-12-7(6(9)2)8(10)13-9;1-3-9-6(2)7(8(10)13-9)11-4-5-12-9/h6-8H,4-5H2,1-3H3,(H,12,14);7-9H,3-6H2,1-2H3;2*6-8H,3-5H2,1-2H3/t6-,7?,8-,10+;7-,8?,9-,10+;6-,7?,8-,9+;6-,7?,8-,9-/m1111/s1. The molecule has 298 valence electrons. The second kappa shape index (κ2) is 18.0. The Morgan fingerprint density at radius 3 is 1.87 bits per heavy atom. The predicted octanol–water partition coefficient (Wildman–Crippen LogP) is 3.13. The number of amides is 2. The number of fused-ring (bicyclic) bond motifs is 8. The minimum Gasteiger partial charge on any atom is -0.379 e. The average molecular weight is 752 g/mol. The highest BCUT2D eigenvalue weighted by molar-refractivity contribution is 6.12. The molecular formula is C38H64B4N2O10. The molecule has 8 aliphatic heterocycles. The van der Waals surface area contributed by atoms with Crippen molar-refractivity contribution in [2.75, 3.05) is 46.8 Å². The average Bonchev–Trinajstić information content (AvgIpc) is 3.52. The molecule has 8 saturated heterocycles. The summed E-state index contributed by atoms with van der Waals surface area (Å²) in [7, 11) is 25.3. The molecule has 0 saturated carbocycles. The molecule has 16 atom stereocenters. The van der Waals surface area contributed by atoms with Crippen LogP contribution in [0, 0.1) is 23.7 Å². The molecule has 0 aliphatic carbocycles. The summed E-state index contributed by atoms with van der Waals surface area (Å²) in [6.45, 7) is 20.5. The van der Waals surface area contributed by atoms with Crippen molar-refractivity contribution in [3.05, 3.63) is 0 Å². The molecule has 8 bridgehead atoms. The van der Waals surface area contributed by atoms with E-state index in [-0.39, 0.29) is 83.0 Å². The molecule has 0 aromatic heterocycles. The van der Waals surface area contributed by atoms with Crippen molar-refractivity contribution in [2.45, 2.75) is 165 Å². The summed E-state index contributed by atoms with van der Waals surface area (Å²) in [6, 6.07) is -1.28. The van der Waals surface area contributed by atoms with Gasteiger partial charge in [-0.25, -0.2) is 4.79 Å². The van der Waals surface area contributed by atoms with Gasteiger partial charge in [0.1, 0.15) is 38.2 Å². The van der Waals surface area contributed by atoms with Gasteiger partial charge in [-0.3, -0.25) is 0 Å². The quantitative estimate of drug-likeness (QED) is 0.430. The van der Waals surface area contributed by atoms with E-state index in [1.807, 2.05) is 0 Å². The zero-order valence-electron chi connectivity index (χ0n) is 34.3. The van der Waals surface area contributed by atoms with E-state index < -0.39 is 5.79 Å². The maximum atomic E-state index is 11.7. The van der Waals surface area contributed by atoms with E-state index in [2.05, 4.69) is 60.7 Å². The van der Waals surface area contributed by atoms with Crippen LogP contribution in [0.5, 0.6) is 0 Å². The number of rotatable bonds is 4. The number of likely N-dealkylation sites (N-methyl/N-ethyl adjacent to an activating group) is 1. The fourth-order valence-electron chi connectivity index (χ4n) is 10.1. The van der Waals surface area contributed by atoms with Crippen molar-refractivity contribution in [2.24, 2.45) is 23.7 Å². The Kier molecular flexibility index (Phi) is 14.7. The zero-order chi connectivity index (χ0) is 39.6. The fraction of sp³-hybridized carbons (Fsp3) is 0.974. The number of nitrogens with zero attached hydrogens (tertiary/aromatic N) is 1. The van der Waals surface area contributed by atoms with Crippen LogP contribution < -0.4 is 5.32 Å². The van der Waals surface area contributed by atoms with Crippen molar-refractivity contribution >= 4 is 37.4 Å². The molecule has 16 heteroatoms. The first-order valence-corrected chi connectivity index (χ1v) is 20.4. The molecule has 4 unspecified atom stereocenters. The van der Waals surface area contributed by atoms with E-state index in [0.717, 1.165) is 45.1 Å². The molecule has 1 N–H and O–H groups in total. The molecule has 8 heterocycles. The molecule has 0 spiro atoms. The number of nitrogens with one attached hydrogen (secondary N) is 1. The highest BCUT2D eigenvalue weighted by Crippen LogP contribution is 2.45. The highest BCUT2D eigenvalue weighted by atomic mass is 16.7. The molecule has 2 amide bonds. The largest absolute Gasteiger partial charge is 0.379 e. The monoisotopic (exact) mass is 752 g/mol. The van der Waals surface area contributed by atoms with Crippen molar-refractivity contribution < 1.29 is 47.4 Å². The Labute approximate surface area is 329 Å². The molecule has 0 aromatic rings. The molecule has 12 nitrogen and oxygen atoms in total. The zero-order valence-corrected chi connectivity index (χ0v) is 34.3. The van der Waals surface area contributed by atoms with Crippen LogP contribution in [0.4, 0.5) is 4.79 Å². The first kappa shape index (κ1) is 44.3. The Hall–Kier alpha value is -0.830. The first-order valence-electron chi connectivity index (χ1n) is 20.4. The summed E-state index contributed by atoms with van der Waals surface area (Å²) < 4.78 is 50.9. The van der Waals surface area contributed by atoms with E-state index in [9.17, 15) is 4.79 Å². The Morgan fingerprint density at radius 1 is 0.667 bits per heavy atom. The lowest BCUT2D eigenvalue weighted by Crippen LogP contribution is -2.49. The molecule has 8 aliphatic rings. The molecular weight excluding hydrogens is 688 g/mol. The second-order valence-corrected chi connectivity index (χ2v) is 16.4. The van der Waals surface area contributed by atoms with Gasteiger partial charge in [-0.15, -0.1) is 0 Å². The third-order valence-electron chi connectivity index (χ3n) is 14.0. The minimum absolute atomic E-state index is 0.000579. The van der Waals surface area contributed by atoms with E-state index in [0.29, 0.717) is 45.0 Å². The fourth-order valence-corrected chi connectivity index (χ4v) is 10.1. The van der Waals surface area contributed by atoms with Gasteiger partial charge in [0.2, 0.25) is 0 Å². The number of urea groups is 1. The van der Waals surface area contributed by atoms with Crippen molar-refractivity contribution in [3.8, 4) is 0 Å². The van der Waals surface area contributed by atoms with E-state index in [4.69, 9.17) is 74.0 Å². The van der Waals surface area contributed by atoms with Gasteiger partial charge in [0.15, 0.2) is 5.79 Å². The molecule has 8 rings (SSSR count). The maximum absolute atomic E-state index is 11.7. The number of carbonyl (C=O) groups excluding carboxylic acids is 1. The van der Waals surface area contributed by atoms with Crippen LogP contribution in [0.25, 0.3) is 0 Å². The molecule has 8 radical (unpaired) electrons. The molecule has 0 aromatic carbocycles. The predicted molar refractivity (Wildman–Crippen MR) is 207 cm³/mol. The topological polar surface area (TPSA) is 115 Å². The lowest BCUT2D eigenvalue weighted by molar-refractivity contribution is -0.237. The van der Waals surface area contributed by atoms with Crippen molar-refractivity contribution in [1.29, 1.82) is 0 Å². The van der Waals surface area contributed by atoms with Crippen LogP contribution in [-0.2, 0) is 42.6 Å². The number of hydrogen-bond donors (Lipinski definition) is 1. The Morgan fingerprint density at radius 2 is 1.22 bits per heavy atom. The van der Waals surface area contributed by atoms with Gasteiger partial charge in [-0.1, -0.05) is 55.4 Å². The lowest BCUT2D eigenvalue weighted by atomic mass is 9.80. The maximum Gasteiger partial charge on any atom is 0.317 e. The second-order valence-electron chi connectivity index (χ2n) is 16.4. The van der Waals surface area contributed by atoms with Gasteiger partial charge in [0.25, 0.3) is 0 Å². The summed E-state index contributed by atoms with van der Waals surface area (Å²) in [5, 5.41) is 2.87. The van der Waals surface area contributed by atoms with Crippen molar-refractivity contribution in [1.82, 2.24) is 10.2 Å². The number of hydrogen-bond acceptors (Lipinski definition) is 10. The van der Waals surface area contributed by atoms with Gasteiger partial charge >= 0.3 is 6.03 Å². The van der Waals surface area contributed by atoms with Gasteiger partial charge in [-0.2, -0.15) is 0 Å². The van der Waals surface area contributed by atoms with Gasteiger partial charge < -0.3 is 52.8 Å². The molecule has 54 heavy (non-hydrogen) atoms. The van der Waals surface area contributed by atoms with Crippen LogP contribution in [0.1, 0.15) is 93.9 Å². The third kappa shape index (κ3) is 8.22. The van der Waals surface area contributed by atoms with Gasteiger partial charge in [0, 0.05) is 67.9 Å². The van der Waals surface area contributed by atoms with Gasteiger partial charge in [0.05, 0.1) is 61.0 Å². The van der Waals surface area contributed by atoms with Crippen LogP contribution in [0.3, 0.4) is 0 Å². The number of carbonyl (C=O) groups is 1. The summed E-state index contributed by atoms with van der Waals surface area (Å²) in [5.41, 5.74) is -0.508. The van der Waals surface area contributed by atoms with E-state index in [1.165, 1.54) is 0 Å². The van der Waals surface area contributed by atoms with Crippen LogP contribution >= 0.6 is 0 Å². The van der Waals surface area contributed by atoms with E-state index in [1.54, 1.807) is 11.9 Å². The summed E-state index contributed by atoms with van der Waals surface area (Å²) in [6.07, 6.45) is 5.93. The smallest absolute Gasteiger partial charge is 0.317 e. The van der Waals surface area contributed by atoms with Crippen LogP contribution in [0.2, 0.25) is 0 Å². The minimum atomic E-state index is -0.499. The number of ether oxygens (including phenoxy) is 9.